The molecule has 5 nitrogen and oxygen atoms in total. The third-order valence-electron chi connectivity index (χ3n) is 4.16. The van der Waals surface area contributed by atoms with E-state index in [4.69, 9.17) is 4.74 Å². The van der Waals surface area contributed by atoms with Crippen LogP contribution in [0.4, 0.5) is 5.69 Å². The average molecular weight is 514 g/mol. The predicted octanol–water partition coefficient (Wildman–Crippen LogP) is 4.26. The van der Waals surface area contributed by atoms with E-state index in [9.17, 15) is 0 Å². The highest BCUT2D eigenvalue weighted by molar-refractivity contribution is 14.0. The Morgan fingerprint density at radius 1 is 1.07 bits per heavy atom. The van der Waals surface area contributed by atoms with Gasteiger partial charge in [0, 0.05) is 44.4 Å². The summed E-state index contributed by atoms with van der Waals surface area (Å²) in [7, 11) is 3.50. The molecule has 0 unspecified atom stereocenters. The van der Waals surface area contributed by atoms with Gasteiger partial charge in [-0.3, -0.25) is 4.99 Å². The van der Waals surface area contributed by atoms with Crippen LogP contribution in [0.2, 0.25) is 0 Å². The Morgan fingerprint density at radius 3 is 2.43 bits per heavy atom. The van der Waals surface area contributed by atoms with Crippen LogP contribution in [0.3, 0.4) is 0 Å². The van der Waals surface area contributed by atoms with Crippen molar-refractivity contribution in [1.82, 2.24) is 10.6 Å². The average Bonchev–Trinajstić information content (AvgIpc) is 2.70. The molecule has 0 aromatic heterocycles. The lowest BCUT2D eigenvalue weighted by atomic mass is 10.1. The molecule has 7 heteroatoms. The van der Waals surface area contributed by atoms with Gasteiger partial charge >= 0.3 is 0 Å². The normalized spacial score (nSPS) is 10.9. The summed E-state index contributed by atoms with van der Waals surface area (Å²) >= 11 is 1.77. The van der Waals surface area contributed by atoms with E-state index in [0.717, 1.165) is 31.3 Å². The number of halogens is 1. The van der Waals surface area contributed by atoms with Crippen LogP contribution in [0, 0.1) is 6.92 Å². The molecule has 0 fully saturated rings. The number of aliphatic imine (C=N–C) groups is 1. The molecule has 0 spiro atoms. The molecule has 2 rings (SSSR count). The summed E-state index contributed by atoms with van der Waals surface area (Å²) in [4.78, 5) is 5.62. The molecule has 0 atom stereocenters. The zero-order chi connectivity index (χ0) is 19.5. The molecule has 0 saturated heterocycles. The van der Waals surface area contributed by atoms with Crippen molar-refractivity contribution in [1.29, 1.82) is 0 Å². The van der Waals surface area contributed by atoms with Gasteiger partial charge in [0.05, 0.1) is 6.61 Å². The summed E-state index contributed by atoms with van der Waals surface area (Å²) in [5.74, 6) is 0.796. The molecule has 0 aliphatic carbocycles. The van der Waals surface area contributed by atoms with Gasteiger partial charge in [0.1, 0.15) is 0 Å². The maximum atomic E-state index is 5.05. The molecule has 3 N–H and O–H groups in total. The van der Waals surface area contributed by atoms with E-state index in [1.807, 2.05) is 0 Å². The van der Waals surface area contributed by atoms with E-state index in [1.54, 1.807) is 25.9 Å². The maximum Gasteiger partial charge on any atom is 0.191 e. The summed E-state index contributed by atoms with van der Waals surface area (Å²) in [5.41, 5.74) is 4.87. The SMILES string of the molecule is CN=C(NCc1ccc(NCCOC)cc1)NCc1ccc(C)cc1SC.I. The lowest BCUT2D eigenvalue weighted by molar-refractivity contribution is 0.211. The molecule has 0 bridgehead atoms. The van der Waals surface area contributed by atoms with Crippen molar-refractivity contribution >= 4 is 47.4 Å². The molecular weight excluding hydrogens is 483 g/mol. The molecule has 0 aliphatic heterocycles. The maximum absolute atomic E-state index is 5.05. The fourth-order valence-corrected chi connectivity index (χ4v) is 3.33. The summed E-state index contributed by atoms with van der Waals surface area (Å²) < 4.78 is 5.05. The summed E-state index contributed by atoms with van der Waals surface area (Å²) in [6, 6.07) is 14.9. The minimum atomic E-state index is 0. The van der Waals surface area contributed by atoms with E-state index in [-0.39, 0.29) is 24.0 Å². The van der Waals surface area contributed by atoms with Crippen molar-refractivity contribution < 1.29 is 4.74 Å². The van der Waals surface area contributed by atoms with Gasteiger partial charge in [-0.15, -0.1) is 35.7 Å². The number of nitrogens with zero attached hydrogens (tertiary/aromatic N) is 1. The van der Waals surface area contributed by atoms with Crippen LogP contribution < -0.4 is 16.0 Å². The summed E-state index contributed by atoms with van der Waals surface area (Å²) in [6.07, 6.45) is 2.11. The zero-order valence-electron chi connectivity index (χ0n) is 17.0. The molecule has 0 aliphatic rings. The number of rotatable bonds is 9. The quantitative estimate of drug-likeness (QED) is 0.154. The Bertz CT molecular complexity index is 738. The number of guanidine groups is 1. The Labute approximate surface area is 190 Å². The second kappa shape index (κ2) is 13.7. The van der Waals surface area contributed by atoms with Crippen LogP contribution in [-0.4, -0.2) is 39.5 Å². The van der Waals surface area contributed by atoms with Crippen molar-refractivity contribution in [2.24, 2.45) is 4.99 Å². The van der Waals surface area contributed by atoms with Crippen molar-refractivity contribution in [2.45, 2.75) is 24.9 Å². The molecule has 2 aromatic carbocycles. The van der Waals surface area contributed by atoms with Crippen LogP contribution in [0.15, 0.2) is 52.4 Å². The van der Waals surface area contributed by atoms with Crippen molar-refractivity contribution in [3.05, 3.63) is 59.2 Å². The Morgan fingerprint density at radius 2 is 1.79 bits per heavy atom. The van der Waals surface area contributed by atoms with Gasteiger partial charge in [-0.2, -0.15) is 0 Å². The number of aryl methyl sites for hydroxylation is 1. The standard InChI is InChI=1S/C21H30N4OS.HI/c1-16-5-8-18(20(13-16)27-4)15-25-21(22-2)24-14-17-6-9-19(10-7-17)23-11-12-26-3;/h5-10,13,23H,11-12,14-15H2,1-4H3,(H2,22,24,25);1H. The number of nitrogens with one attached hydrogen (secondary N) is 3. The number of hydrogen-bond acceptors (Lipinski definition) is 4. The van der Waals surface area contributed by atoms with E-state index in [1.165, 1.54) is 21.6 Å². The number of benzene rings is 2. The fraction of sp³-hybridized carbons (Fsp3) is 0.381. The molecule has 0 radical (unpaired) electrons. The van der Waals surface area contributed by atoms with Crippen LogP contribution in [-0.2, 0) is 17.8 Å². The molecule has 0 amide bonds. The van der Waals surface area contributed by atoms with Crippen LogP contribution in [0.25, 0.3) is 0 Å². The van der Waals surface area contributed by atoms with Crippen molar-refractivity contribution in [3.8, 4) is 0 Å². The van der Waals surface area contributed by atoms with Gasteiger partial charge in [0.2, 0.25) is 0 Å². The van der Waals surface area contributed by atoms with Gasteiger partial charge in [-0.25, -0.2) is 0 Å². The number of hydrogen-bond donors (Lipinski definition) is 3. The minimum absolute atomic E-state index is 0. The molecule has 2 aromatic rings. The molecule has 0 saturated carbocycles. The molecule has 28 heavy (non-hydrogen) atoms. The first-order chi connectivity index (χ1) is 13.2. The van der Waals surface area contributed by atoms with E-state index >= 15 is 0 Å². The van der Waals surface area contributed by atoms with Gasteiger partial charge in [0.25, 0.3) is 0 Å². The van der Waals surface area contributed by atoms with Crippen molar-refractivity contribution in [3.63, 3.8) is 0 Å². The Kier molecular flexibility index (Phi) is 12.0. The largest absolute Gasteiger partial charge is 0.383 e. The number of ether oxygens (including phenoxy) is 1. The first-order valence-electron chi connectivity index (χ1n) is 9.06. The van der Waals surface area contributed by atoms with Gasteiger partial charge < -0.3 is 20.7 Å². The lowest BCUT2D eigenvalue weighted by Crippen LogP contribution is -2.36. The Hall–Kier alpha value is -1.45. The van der Waals surface area contributed by atoms with Gasteiger partial charge in [-0.1, -0.05) is 24.3 Å². The van der Waals surface area contributed by atoms with Crippen LogP contribution >= 0.6 is 35.7 Å². The second-order valence-corrected chi connectivity index (χ2v) is 7.06. The fourth-order valence-electron chi connectivity index (χ4n) is 2.62. The van der Waals surface area contributed by atoms with E-state index in [0.29, 0.717) is 6.61 Å². The highest BCUT2D eigenvalue weighted by Gasteiger charge is 2.04. The Balaban J connectivity index is 0.00000392. The van der Waals surface area contributed by atoms with E-state index < -0.39 is 0 Å². The topological polar surface area (TPSA) is 57.7 Å². The monoisotopic (exact) mass is 514 g/mol. The van der Waals surface area contributed by atoms with Gasteiger partial charge in [0.15, 0.2) is 5.96 Å². The first-order valence-corrected chi connectivity index (χ1v) is 10.3. The van der Waals surface area contributed by atoms with Crippen LogP contribution in [0.1, 0.15) is 16.7 Å². The van der Waals surface area contributed by atoms with Crippen molar-refractivity contribution in [2.75, 3.05) is 38.9 Å². The third-order valence-corrected chi connectivity index (χ3v) is 4.98. The third kappa shape index (κ3) is 8.28. The highest BCUT2D eigenvalue weighted by atomic mass is 127. The number of methoxy groups -OCH3 is 1. The second-order valence-electron chi connectivity index (χ2n) is 6.21. The predicted molar refractivity (Wildman–Crippen MR) is 132 cm³/mol. The summed E-state index contributed by atoms with van der Waals surface area (Å²) in [5, 5.41) is 10.1. The molecule has 154 valence electrons. The van der Waals surface area contributed by atoms with E-state index in [2.05, 4.69) is 76.6 Å². The zero-order valence-corrected chi connectivity index (χ0v) is 20.2. The number of thioether (sulfide) groups is 1. The van der Waals surface area contributed by atoms with Gasteiger partial charge in [-0.05, 0) is 48.1 Å². The van der Waals surface area contributed by atoms with Crippen LogP contribution in [0.5, 0.6) is 0 Å². The minimum Gasteiger partial charge on any atom is -0.383 e. The summed E-state index contributed by atoms with van der Waals surface area (Å²) in [6.45, 7) is 5.10. The molecule has 0 heterocycles. The first kappa shape index (κ1) is 24.6. The smallest absolute Gasteiger partial charge is 0.191 e. The highest BCUT2D eigenvalue weighted by Crippen LogP contribution is 2.21. The lowest BCUT2D eigenvalue weighted by Gasteiger charge is -2.14. The number of anilines is 1. The molecular formula is C21H31IN4OS.